The van der Waals surface area contributed by atoms with Crippen molar-refractivity contribution in [2.75, 3.05) is 11.5 Å². The lowest BCUT2D eigenvalue weighted by molar-refractivity contribution is 0.100. The molecule has 134 valence electrons. The number of rotatable bonds is 2. The smallest absolute Gasteiger partial charge is 0.250 e. The molecular formula is C19H15ClN6O. The molecule has 1 aromatic carbocycles. The van der Waals surface area contributed by atoms with E-state index in [4.69, 9.17) is 28.8 Å². The number of carbonyl (C=O) groups excluding carboxylic acids is 1. The summed E-state index contributed by atoms with van der Waals surface area (Å²) in [6.07, 6.45) is 1.58. The maximum Gasteiger partial charge on any atom is 0.250 e. The van der Waals surface area contributed by atoms with Gasteiger partial charge >= 0.3 is 0 Å². The lowest BCUT2D eigenvalue weighted by Gasteiger charge is -2.09. The number of hydrogen-bond acceptors (Lipinski definition) is 6. The minimum absolute atomic E-state index is 0.109. The summed E-state index contributed by atoms with van der Waals surface area (Å²) in [5.74, 6) is 5.97. The van der Waals surface area contributed by atoms with E-state index in [1.165, 1.54) is 6.07 Å². The molecule has 27 heavy (non-hydrogen) atoms. The van der Waals surface area contributed by atoms with Crippen LogP contribution < -0.4 is 17.2 Å². The highest BCUT2D eigenvalue weighted by Gasteiger charge is 2.14. The van der Waals surface area contributed by atoms with Crippen LogP contribution >= 0.6 is 11.6 Å². The maximum atomic E-state index is 11.4. The summed E-state index contributed by atoms with van der Waals surface area (Å²) >= 11 is 6.16. The van der Waals surface area contributed by atoms with Crippen LogP contribution in [0.15, 0.2) is 36.5 Å². The first kappa shape index (κ1) is 18.2. The van der Waals surface area contributed by atoms with Gasteiger partial charge in [-0.05, 0) is 31.2 Å². The number of anilines is 2. The van der Waals surface area contributed by atoms with Crippen LogP contribution in [-0.4, -0.2) is 20.9 Å². The Bertz CT molecular complexity index is 1100. The summed E-state index contributed by atoms with van der Waals surface area (Å²) < 4.78 is 0. The molecule has 0 radical (unpaired) electrons. The van der Waals surface area contributed by atoms with Crippen molar-refractivity contribution >= 4 is 29.3 Å². The number of nitrogens with two attached hydrogens (primary N) is 3. The third-order valence-corrected chi connectivity index (χ3v) is 4.05. The average Bonchev–Trinajstić information content (AvgIpc) is 2.61. The highest BCUT2D eigenvalue weighted by Crippen LogP contribution is 2.28. The van der Waals surface area contributed by atoms with Gasteiger partial charge in [-0.15, -0.1) is 0 Å². The Hall–Kier alpha value is -3.63. The minimum Gasteiger partial charge on any atom is -0.384 e. The number of primary amides is 1. The van der Waals surface area contributed by atoms with Crippen molar-refractivity contribution < 1.29 is 4.79 Å². The predicted molar refractivity (Wildman–Crippen MR) is 105 cm³/mol. The number of amides is 1. The molecule has 2 aromatic heterocycles. The molecule has 6 N–H and O–H groups in total. The number of carbonyl (C=O) groups is 1. The van der Waals surface area contributed by atoms with Gasteiger partial charge in [0.2, 0.25) is 11.9 Å². The van der Waals surface area contributed by atoms with Crippen LogP contribution in [-0.2, 0) is 0 Å². The van der Waals surface area contributed by atoms with E-state index in [1.807, 2.05) is 0 Å². The Kier molecular flexibility index (Phi) is 4.92. The summed E-state index contributed by atoms with van der Waals surface area (Å²) in [5.41, 5.74) is 19.9. The van der Waals surface area contributed by atoms with Gasteiger partial charge in [-0.3, -0.25) is 4.79 Å². The molecule has 0 spiro atoms. The molecule has 2 heterocycles. The molecule has 8 heteroatoms. The minimum atomic E-state index is -0.610. The van der Waals surface area contributed by atoms with E-state index in [0.29, 0.717) is 33.9 Å². The van der Waals surface area contributed by atoms with Gasteiger partial charge < -0.3 is 17.2 Å². The standard InChI is InChI=1S/C19H15ClN6O/c1-10-13(5-2-11-3-7-16(21)24-9-11)17(26-19(23)25-10)12-4-6-14(18(22)27)15(20)8-12/h3-4,6-9H,1H3,(H2,21,24)(H2,22,27)(H2,23,25,26). The van der Waals surface area contributed by atoms with Crippen molar-refractivity contribution in [3.05, 3.63) is 63.9 Å². The number of aryl methyl sites for hydroxylation is 1. The van der Waals surface area contributed by atoms with E-state index in [9.17, 15) is 4.79 Å². The Morgan fingerprint density at radius 2 is 1.89 bits per heavy atom. The quantitative estimate of drug-likeness (QED) is 0.585. The van der Waals surface area contributed by atoms with Gasteiger partial charge in [-0.1, -0.05) is 29.5 Å². The molecule has 0 fully saturated rings. The molecule has 0 unspecified atom stereocenters. The zero-order valence-electron chi connectivity index (χ0n) is 14.3. The molecule has 3 aromatic rings. The van der Waals surface area contributed by atoms with Gasteiger partial charge in [0.25, 0.3) is 0 Å². The van der Waals surface area contributed by atoms with Crippen LogP contribution in [0.4, 0.5) is 11.8 Å². The molecule has 0 bridgehead atoms. The monoisotopic (exact) mass is 378 g/mol. The van der Waals surface area contributed by atoms with Gasteiger partial charge in [0.1, 0.15) is 5.82 Å². The number of pyridine rings is 1. The molecule has 0 aliphatic rings. The second kappa shape index (κ2) is 7.32. The highest BCUT2D eigenvalue weighted by atomic mass is 35.5. The number of hydrogen-bond donors (Lipinski definition) is 3. The number of halogens is 1. The molecule has 0 saturated heterocycles. The van der Waals surface area contributed by atoms with E-state index < -0.39 is 5.91 Å². The van der Waals surface area contributed by atoms with Crippen molar-refractivity contribution in [2.45, 2.75) is 6.92 Å². The molecule has 0 saturated carbocycles. The molecule has 1 amide bonds. The lowest BCUT2D eigenvalue weighted by atomic mass is 10.0. The summed E-state index contributed by atoms with van der Waals surface area (Å²) in [7, 11) is 0. The van der Waals surface area contributed by atoms with Crippen molar-refractivity contribution in [1.29, 1.82) is 0 Å². The van der Waals surface area contributed by atoms with Crippen LogP contribution in [0.3, 0.4) is 0 Å². The summed E-state index contributed by atoms with van der Waals surface area (Å²) in [6, 6.07) is 8.25. The summed E-state index contributed by atoms with van der Waals surface area (Å²) in [4.78, 5) is 23.9. The van der Waals surface area contributed by atoms with Crippen LogP contribution in [0.2, 0.25) is 5.02 Å². The molecule has 0 aliphatic heterocycles. The first-order valence-corrected chi connectivity index (χ1v) is 8.20. The second-order valence-corrected chi connectivity index (χ2v) is 6.08. The van der Waals surface area contributed by atoms with Crippen molar-refractivity contribution in [3.63, 3.8) is 0 Å². The SMILES string of the molecule is Cc1nc(N)nc(-c2ccc(C(N)=O)c(Cl)c2)c1C#Cc1ccc(N)nc1. The second-order valence-electron chi connectivity index (χ2n) is 5.67. The Balaban J connectivity index is 2.13. The van der Waals surface area contributed by atoms with E-state index in [0.717, 1.165) is 0 Å². The first-order chi connectivity index (χ1) is 12.8. The summed E-state index contributed by atoms with van der Waals surface area (Å²) in [5, 5.41) is 0.219. The molecule has 0 atom stereocenters. The van der Waals surface area contributed by atoms with Crippen LogP contribution in [0.25, 0.3) is 11.3 Å². The molecular weight excluding hydrogens is 364 g/mol. The fourth-order valence-electron chi connectivity index (χ4n) is 2.43. The maximum absolute atomic E-state index is 11.4. The average molecular weight is 379 g/mol. The first-order valence-electron chi connectivity index (χ1n) is 7.82. The Morgan fingerprint density at radius 1 is 1.11 bits per heavy atom. The largest absolute Gasteiger partial charge is 0.384 e. The van der Waals surface area contributed by atoms with Crippen molar-refractivity contribution in [2.24, 2.45) is 5.73 Å². The third-order valence-electron chi connectivity index (χ3n) is 3.73. The zero-order valence-corrected chi connectivity index (χ0v) is 15.1. The van der Waals surface area contributed by atoms with Gasteiger partial charge in [-0.2, -0.15) is 0 Å². The fourth-order valence-corrected chi connectivity index (χ4v) is 2.70. The van der Waals surface area contributed by atoms with Gasteiger partial charge in [-0.25, -0.2) is 15.0 Å². The van der Waals surface area contributed by atoms with Gasteiger partial charge in [0.05, 0.1) is 27.5 Å². The zero-order chi connectivity index (χ0) is 19.6. The van der Waals surface area contributed by atoms with Crippen molar-refractivity contribution in [3.8, 4) is 23.1 Å². The highest BCUT2D eigenvalue weighted by molar-refractivity contribution is 6.34. The molecule has 0 aliphatic carbocycles. The normalized spacial score (nSPS) is 10.1. The predicted octanol–water partition coefficient (Wildman–Crippen LogP) is 2.16. The van der Waals surface area contributed by atoms with E-state index in [2.05, 4.69) is 26.8 Å². The van der Waals surface area contributed by atoms with Crippen LogP contribution in [0.5, 0.6) is 0 Å². The van der Waals surface area contributed by atoms with Crippen LogP contribution in [0, 0.1) is 18.8 Å². The molecule has 7 nitrogen and oxygen atoms in total. The number of nitrogens with zero attached hydrogens (tertiary/aromatic N) is 3. The summed E-state index contributed by atoms with van der Waals surface area (Å²) in [6.45, 7) is 1.78. The lowest BCUT2D eigenvalue weighted by Crippen LogP contribution is -2.11. The third kappa shape index (κ3) is 3.97. The molecule has 3 rings (SSSR count). The van der Waals surface area contributed by atoms with Crippen LogP contribution in [0.1, 0.15) is 27.2 Å². The van der Waals surface area contributed by atoms with E-state index >= 15 is 0 Å². The Morgan fingerprint density at radius 3 is 2.52 bits per heavy atom. The van der Waals surface area contributed by atoms with Crippen molar-refractivity contribution in [1.82, 2.24) is 15.0 Å². The Labute approximate surface area is 160 Å². The topological polar surface area (TPSA) is 134 Å². The number of nitrogen functional groups attached to an aromatic ring is 2. The number of benzene rings is 1. The van der Waals surface area contributed by atoms with E-state index in [-0.39, 0.29) is 16.5 Å². The van der Waals surface area contributed by atoms with E-state index in [1.54, 1.807) is 37.4 Å². The van der Waals surface area contributed by atoms with Gasteiger partial charge in [0, 0.05) is 17.3 Å². The fraction of sp³-hybridized carbons (Fsp3) is 0.0526. The number of aromatic nitrogens is 3. The van der Waals surface area contributed by atoms with Gasteiger partial charge in [0.15, 0.2) is 0 Å².